The number of amidine groups is 1. The Morgan fingerprint density at radius 2 is 2.13 bits per heavy atom. The van der Waals surface area contributed by atoms with Crippen molar-refractivity contribution in [3.8, 4) is 0 Å². The minimum atomic E-state index is -0.0942. The van der Waals surface area contributed by atoms with Crippen molar-refractivity contribution in [1.82, 2.24) is 4.98 Å². The average Bonchev–Trinajstić information content (AvgIpc) is 2.56. The van der Waals surface area contributed by atoms with Gasteiger partial charge in [0.05, 0.1) is 10.4 Å². The summed E-state index contributed by atoms with van der Waals surface area (Å²) in [5, 5.41) is 8.38. The minimum absolute atomic E-state index is 0.0942. The monoisotopic (exact) mass is 199 g/mol. The first-order valence-electron chi connectivity index (χ1n) is 4.48. The SMILES string of the molecule is N=C1c2cnc3ccccc3c2N[N+]1=O. The molecule has 1 aliphatic rings. The van der Waals surface area contributed by atoms with Crippen molar-refractivity contribution in [2.45, 2.75) is 0 Å². The van der Waals surface area contributed by atoms with Gasteiger partial charge in [0.2, 0.25) is 0 Å². The summed E-state index contributed by atoms with van der Waals surface area (Å²) in [6.45, 7) is 0. The van der Waals surface area contributed by atoms with Crippen molar-refractivity contribution in [3.05, 3.63) is 40.9 Å². The third kappa shape index (κ3) is 0.969. The van der Waals surface area contributed by atoms with Gasteiger partial charge in [-0.15, -0.1) is 0 Å². The molecule has 0 amide bonds. The van der Waals surface area contributed by atoms with Crippen molar-refractivity contribution in [2.24, 2.45) is 0 Å². The van der Waals surface area contributed by atoms with Gasteiger partial charge < -0.3 is 0 Å². The molecule has 2 heterocycles. The van der Waals surface area contributed by atoms with Crippen molar-refractivity contribution < 1.29 is 4.87 Å². The fraction of sp³-hybridized carbons (Fsp3) is 0. The van der Waals surface area contributed by atoms with Crippen molar-refractivity contribution in [3.63, 3.8) is 0 Å². The van der Waals surface area contributed by atoms with Crippen LogP contribution in [0.15, 0.2) is 30.5 Å². The van der Waals surface area contributed by atoms with Gasteiger partial charge in [0.15, 0.2) is 0 Å². The highest BCUT2D eigenvalue weighted by Crippen LogP contribution is 2.29. The van der Waals surface area contributed by atoms with E-state index in [1.165, 1.54) is 0 Å². The van der Waals surface area contributed by atoms with Gasteiger partial charge in [0.25, 0.3) is 0 Å². The maximum atomic E-state index is 11.2. The van der Waals surface area contributed by atoms with Gasteiger partial charge in [0, 0.05) is 11.6 Å². The molecule has 0 fully saturated rings. The molecule has 0 saturated carbocycles. The van der Waals surface area contributed by atoms with Gasteiger partial charge in [-0.05, 0) is 11.0 Å². The molecule has 0 atom stereocenters. The zero-order chi connectivity index (χ0) is 10.4. The minimum Gasteiger partial charge on any atom is -0.255 e. The van der Waals surface area contributed by atoms with Gasteiger partial charge in [0.1, 0.15) is 11.3 Å². The molecule has 72 valence electrons. The normalized spacial score (nSPS) is 14.1. The van der Waals surface area contributed by atoms with Crippen LogP contribution in [0.2, 0.25) is 0 Å². The van der Waals surface area contributed by atoms with Gasteiger partial charge in [-0.25, -0.2) is 0 Å². The number of rotatable bonds is 0. The number of fused-ring (bicyclic) bond motifs is 3. The Kier molecular flexibility index (Phi) is 1.39. The van der Waals surface area contributed by atoms with E-state index in [1.807, 2.05) is 24.3 Å². The Morgan fingerprint density at radius 3 is 3.00 bits per heavy atom. The van der Waals surface area contributed by atoms with Crippen molar-refractivity contribution in [2.75, 3.05) is 5.43 Å². The summed E-state index contributed by atoms with van der Waals surface area (Å²) in [7, 11) is 0. The van der Waals surface area contributed by atoms with E-state index in [4.69, 9.17) is 5.41 Å². The van der Waals surface area contributed by atoms with Crippen LogP contribution < -0.4 is 5.43 Å². The molecule has 2 N–H and O–H groups in total. The zero-order valence-electron chi connectivity index (χ0n) is 7.69. The first-order chi connectivity index (χ1) is 7.27. The summed E-state index contributed by atoms with van der Waals surface area (Å²) >= 11 is 0. The van der Waals surface area contributed by atoms with Crippen LogP contribution in [0.5, 0.6) is 0 Å². The summed E-state index contributed by atoms with van der Waals surface area (Å²) < 4.78 is 0. The molecule has 0 aliphatic carbocycles. The fourth-order valence-corrected chi connectivity index (χ4v) is 1.71. The highest BCUT2D eigenvalue weighted by atomic mass is 16.3. The second-order valence-electron chi connectivity index (χ2n) is 3.32. The quantitative estimate of drug-likeness (QED) is 0.634. The second kappa shape index (κ2) is 2.60. The van der Waals surface area contributed by atoms with Crippen LogP contribution >= 0.6 is 0 Å². The number of nitroso groups, excluding NO2 is 1. The van der Waals surface area contributed by atoms with Crippen molar-refractivity contribution in [1.29, 1.82) is 5.41 Å². The van der Waals surface area contributed by atoms with Gasteiger partial charge in [-0.2, -0.15) is 5.43 Å². The van der Waals surface area contributed by atoms with Gasteiger partial charge in [-0.3, -0.25) is 4.98 Å². The molecule has 5 nitrogen and oxygen atoms in total. The van der Waals surface area contributed by atoms with Crippen LogP contribution in [0.1, 0.15) is 5.56 Å². The molecule has 15 heavy (non-hydrogen) atoms. The Morgan fingerprint density at radius 1 is 1.33 bits per heavy atom. The second-order valence-corrected chi connectivity index (χ2v) is 3.32. The van der Waals surface area contributed by atoms with E-state index in [2.05, 4.69) is 10.4 Å². The molecule has 0 spiro atoms. The number of nitrogens with zero attached hydrogens (tertiary/aromatic N) is 2. The maximum Gasteiger partial charge on any atom is 0.392 e. The number of pyridine rings is 1. The molecule has 5 heteroatoms. The van der Waals surface area contributed by atoms with E-state index < -0.39 is 0 Å². The number of hydrogen-bond acceptors (Lipinski definition) is 3. The van der Waals surface area contributed by atoms with Crippen LogP contribution in [0.3, 0.4) is 0 Å². The lowest BCUT2D eigenvalue weighted by atomic mass is 10.1. The largest absolute Gasteiger partial charge is 0.392 e. The van der Waals surface area contributed by atoms with E-state index in [1.54, 1.807) is 6.20 Å². The Bertz CT molecular complexity index is 605. The average molecular weight is 199 g/mol. The number of benzene rings is 1. The number of hydrogen-bond donors (Lipinski definition) is 2. The van der Waals surface area contributed by atoms with Gasteiger partial charge >= 0.3 is 5.84 Å². The molecule has 2 aromatic rings. The number of aromatic nitrogens is 1. The lowest BCUT2D eigenvalue weighted by molar-refractivity contribution is -0.388. The van der Waals surface area contributed by atoms with E-state index >= 15 is 0 Å². The molecule has 0 radical (unpaired) electrons. The van der Waals surface area contributed by atoms with E-state index in [0.29, 0.717) is 16.1 Å². The summed E-state index contributed by atoms with van der Waals surface area (Å²) in [5.74, 6) is -0.0942. The highest BCUT2D eigenvalue weighted by molar-refractivity contribution is 6.07. The predicted octanol–water partition coefficient (Wildman–Crippen LogP) is 1.68. The van der Waals surface area contributed by atoms with Crippen LogP contribution in [-0.4, -0.2) is 15.7 Å². The standard InChI is InChI=1S/C10H7N4O/c11-10-7-5-12-8-4-2-1-3-6(8)9(7)13-14(10)15/h1-5H,(H2,11,13,15)/q+1. The summed E-state index contributed by atoms with van der Waals surface area (Å²) in [6, 6.07) is 7.51. The van der Waals surface area contributed by atoms with E-state index in [-0.39, 0.29) is 5.84 Å². The van der Waals surface area contributed by atoms with Crippen LogP contribution in [0, 0.1) is 10.3 Å². The van der Waals surface area contributed by atoms with Crippen LogP contribution in [-0.2, 0) is 0 Å². The Hall–Kier alpha value is -2.30. The molecule has 0 bridgehead atoms. The maximum absolute atomic E-state index is 11.2. The Labute approximate surface area is 84.8 Å². The third-order valence-electron chi connectivity index (χ3n) is 2.45. The molecule has 1 aliphatic heterocycles. The molecule has 0 unspecified atom stereocenters. The predicted molar refractivity (Wildman–Crippen MR) is 55.8 cm³/mol. The number of hydrazine groups is 1. The molecule has 1 aromatic heterocycles. The van der Waals surface area contributed by atoms with E-state index in [0.717, 1.165) is 10.9 Å². The van der Waals surface area contributed by atoms with Crippen LogP contribution in [0.4, 0.5) is 5.69 Å². The summed E-state index contributed by atoms with van der Waals surface area (Å²) in [5.41, 5.74) is 4.63. The smallest absolute Gasteiger partial charge is 0.255 e. The number of anilines is 1. The first-order valence-corrected chi connectivity index (χ1v) is 4.48. The molecular weight excluding hydrogens is 192 g/mol. The Balaban J connectivity index is 2.43. The van der Waals surface area contributed by atoms with Crippen molar-refractivity contribution >= 4 is 22.4 Å². The third-order valence-corrected chi connectivity index (χ3v) is 2.45. The fourth-order valence-electron chi connectivity index (χ4n) is 1.71. The summed E-state index contributed by atoms with van der Waals surface area (Å²) in [6.07, 6.45) is 1.55. The molecular formula is C10H7N4O+. The lowest BCUT2D eigenvalue weighted by Crippen LogP contribution is -2.13. The molecule has 0 saturated heterocycles. The molecule has 3 rings (SSSR count). The lowest BCUT2D eigenvalue weighted by Gasteiger charge is -1.99. The van der Waals surface area contributed by atoms with E-state index in [9.17, 15) is 4.91 Å². The topological polar surface area (TPSA) is 68.8 Å². The van der Waals surface area contributed by atoms with Gasteiger partial charge in [-0.1, -0.05) is 23.6 Å². The highest BCUT2D eigenvalue weighted by Gasteiger charge is 2.32. The number of nitrogens with one attached hydrogen (secondary N) is 2. The summed E-state index contributed by atoms with van der Waals surface area (Å²) in [4.78, 5) is 15.9. The van der Waals surface area contributed by atoms with Crippen LogP contribution in [0.25, 0.3) is 10.9 Å². The molecule has 1 aromatic carbocycles. The zero-order valence-corrected chi connectivity index (χ0v) is 7.69. The number of para-hydroxylation sites is 1. The first kappa shape index (κ1) is 8.05.